The van der Waals surface area contributed by atoms with Gasteiger partial charge in [-0.15, -0.1) is 0 Å². The summed E-state index contributed by atoms with van der Waals surface area (Å²) >= 11 is 0. The molecule has 3 rings (SSSR count). The molecule has 1 spiro atoms. The summed E-state index contributed by atoms with van der Waals surface area (Å²) in [5.41, 5.74) is 2.44. The Morgan fingerprint density at radius 1 is 1.38 bits per heavy atom. The third-order valence-corrected chi connectivity index (χ3v) is 3.81. The largest absolute Gasteiger partial charge is 0.316 e. The van der Waals surface area contributed by atoms with Crippen LogP contribution in [0, 0.1) is 5.41 Å². The zero-order chi connectivity index (χ0) is 11.2. The van der Waals surface area contributed by atoms with E-state index in [0.29, 0.717) is 6.42 Å². The lowest BCUT2D eigenvalue weighted by molar-refractivity contribution is -0.126. The Labute approximate surface area is 95.6 Å². The van der Waals surface area contributed by atoms with E-state index < -0.39 is 0 Å². The van der Waals surface area contributed by atoms with E-state index in [0.717, 1.165) is 13.0 Å². The van der Waals surface area contributed by atoms with Crippen molar-refractivity contribution >= 4 is 5.91 Å². The first kappa shape index (κ1) is 9.64. The number of amides is 1. The van der Waals surface area contributed by atoms with Crippen LogP contribution in [-0.2, 0) is 4.79 Å². The zero-order valence-corrected chi connectivity index (χ0v) is 9.44. The average molecular weight is 213 g/mol. The van der Waals surface area contributed by atoms with Crippen molar-refractivity contribution in [3.05, 3.63) is 47.7 Å². The molecule has 2 aliphatic carbocycles. The third kappa shape index (κ3) is 1.04. The summed E-state index contributed by atoms with van der Waals surface area (Å²) in [5, 5.41) is 0. The highest BCUT2D eigenvalue weighted by atomic mass is 16.2. The maximum absolute atomic E-state index is 12.0. The normalized spacial score (nSPS) is 31.1. The molecule has 1 unspecified atom stereocenters. The van der Waals surface area contributed by atoms with Crippen molar-refractivity contribution in [2.24, 2.45) is 5.41 Å². The molecule has 0 N–H and O–H groups in total. The Bertz CT molecular complexity index is 467. The molecule has 1 heterocycles. The monoisotopic (exact) mass is 213 g/mol. The molecular formula is C14H15NO. The minimum Gasteiger partial charge on any atom is -0.316 e. The van der Waals surface area contributed by atoms with Gasteiger partial charge in [-0.1, -0.05) is 30.4 Å². The van der Waals surface area contributed by atoms with Crippen molar-refractivity contribution in [1.82, 2.24) is 4.90 Å². The van der Waals surface area contributed by atoms with Crippen LogP contribution in [0.5, 0.6) is 0 Å². The van der Waals surface area contributed by atoms with Gasteiger partial charge in [0.15, 0.2) is 0 Å². The molecule has 2 heteroatoms. The van der Waals surface area contributed by atoms with Gasteiger partial charge >= 0.3 is 0 Å². The second-order valence-electron chi connectivity index (χ2n) is 4.56. The van der Waals surface area contributed by atoms with E-state index in [9.17, 15) is 4.79 Å². The predicted octanol–water partition coefficient (Wildman–Crippen LogP) is 2.57. The van der Waals surface area contributed by atoms with E-state index >= 15 is 0 Å². The number of allylic oxidation sites excluding steroid dienone is 7. The van der Waals surface area contributed by atoms with Crippen molar-refractivity contribution in [2.45, 2.75) is 19.8 Å². The standard InChI is InChI=1S/C14H15NO/c1-2-15-12-8-5-7-11-6-3-4-9-14(11,12)10-13(15)16/h3-8H,2,9-10H2,1H3. The number of carbonyl (C=O) groups excluding carboxylic acids is 1. The highest BCUT2D eigenvalue weighted by Crippen LogP contribution is 2.52. The molecule has 82 valence electrons. The number of hydrogen-bond acceptors (Lipinski definition) is 1. The van der Waals surface area contributed by atoms with E-state index in [-0.39, 0.29) is 11.3 Å². The van der Waals surface area contributed by atoms with Gasteiger partial charge in [-0.05, 0) is 25.0 Å². The fraction of sp³-hybridized carbons (Fsp3) is 0.357. The van der Waals surface area contributed by atoms with Crippen LogP contribution in [0.4, 0.5) is 0 Å². The van der Waals surface area contributed by atoms with Gasteiger partial charge in [-0.25, -0.2) is 0 Å². The number of carbonyl (C=O) groups is 1. The molecule has 0 aromatic rings. The first-order chi connectivity index (χ1) is 7.78. The van der Waals surface area contributed by atoms with Crippen LogP contribution in [0.2, 0.25) is 0 Å². The summed E-state index contributed by atoms with van der Waals surface area (Å²) in [6.07, 6.45) is 14.3. The minimum absolute atomic E-state index is 0.0450. The van der Waals surface area contributed by atoms with Crippen LogP contribution >= 0.6 is 0 Å². The maximum atomic E-state index is 12.0. The average Bonchev–Trinajstić information content (AvgIpc) is 2.58. The molecule has 0 saturated carbocycles. The molecule has 0 aromatic carbocycles. The molecule has 0 radical (unpaired) electrons. The van der Waals surface area contributed by atoms with Crippen LogP contribution in [-0.4, -0.2) is 17.4 Å². The first-order valence-electron chi connectivity index (χ1n) is 5.84. The van der Waals surface area contributed by atoms with E-state index in [1.807, 2.05) is 11.8 Å². The zero-order valence-electron chi connectivity index (χ0n) is 9.44. The first-order valence-corrected chi connectivity index (χ1v) is 5.84. The molecule has 0 bridgehead atoms. The van der Waals surface area contributed by atoms with Crippen LogP contribution in [0.1, 0.15) is 19.8 Å². The van der Waals surface area contributed by atoms with Crippen LogP contribution in [0.15, 0.2) is 47.7 Å². The second-order valence-corrected chi connectivity index (χ2v) is 4.56. The third-order valence-electron chi connectivity index (χ3n) is 3.81. The molecule has 3 aliphatic rings. The van der Waals surface area contributed by atoms with Crippen LogP contribution < -0.4 is 0 Å². The topological polar surface area (TPSA) is 20.3 Å². The molecule has 1 aliphatic heterocycles. The van der Waals surface area contributed by atoms with Crippen molar-refractivity contribution < 1.29 is 4.79 Å². The lowest BCUT2D eigenvalue weighted by Gasteiger charge is -2.35. The van der Waals surface area contributed by atoms with Crippen molar-refractivity contribution in [2.75, 3.05) is 6.54 Å². The summed E-state index contributed by atoms with van der Waals surface area (Å²) in [5.74, 6) is 0.263. The number of nitrogens with zero attached hydrogens (tertiary/aromatic N) is 1. The summed E-state index contributed by atoms with van der Waals surface area (Å²) in [4.78, 5) is 14.0. The highest BCUT2D eigenvalue weighted by Gasteiger charge is 2.49. The minimum atomic E-state index is -0.0450. The maximum Gasteiger partial charge on any atom is 0.228 e. The molecule has 16 heavy (non-hydrogen) atoms. The summed E-state index contributed by atoms with van der Waals surface area (Å²) < 4.78 is 0. The fourth-order valence-electron chi connectivity index (χ4n) is 3.04. The quantitative estimate of drug-likeness (QED) is 0.655. The van der Waals surface area contributed by atoms with Gasteiger partial charge in [0.25, 0.3) is 0 Å². The van der Waals surface area contributed by atoms with Gasteiger partial charge in [0.05, 0.1) is 0 Å². The fourth-order valence-corrected chi connectivity index (χ4v) is 3.04. The molecular weight excluding hydrogens is 198 g/mol. The van der Waals surface area contributed by atoms with Crippen molar-refractivity contribution in [1.29, 1.82) is 0 Å². The smallest absolute Gasteiger partial charge is 0.228 e. The summed E-state index contributed by atoms with van der Waals surface area (Å²) in [7, 11) is 0. The number of likely N-dealkylation sites (tertiary alicyclic amines) is 1. The predicted molar refractivity (Wildman–Crippen MR) is 63.5 cm³/mol. The summed E-state index contributed by atoms with van der Waals surface area (Å²) in [6.45, 7) is 2.81. The SMILES string of the molecule is CCN1C(=O)CC23CC=CC=C2C=CC=C13. The Morgan fingerprint density at radius 2 is 2.25 bits per heavy atom. The van der Waals surface area contributed by atoms with Crippen LogP contribution in [0.3, 0.4) is 0 Å². The van der Waals surface area contributed by atoms with E-state index in [1.54, 1.807) is 0 Å². The van der Waals surface area contributed by atoms with Gasteiger partial charge in [-0.2, -0.15) is 0 Å². The van der Waals surface area contributed by atoms with Gasteiger partial charge in [-0.3, -0.25) is 4.79 Å². The lowest BCUT2D eigenvalue weighted by Crippen LogP contribution is -2.28. The summed E-state index contributed by atoms with van der Waals surface area (Å²) in [6, 6.07) is 0. The van der Waals surface area contributed by atoms with Gasteiger partial charge < -0.3 is 4.90 Å². The molecule has 1 amide bonds. The van der Waals surface area contributed by atoms with E-state index in [1.165, 1.54) is 11.3 Å². The molecule has 0 aromatic heterocycles. The number of hydrogen-bond donors (Lipinski definition) is 0. The van der Waals surface area contributed by atoms with Crippen molar-refractivity contribution in [3.63, 3.8) is 0 Å². The molecule has 1 atom stereocenters. The van der Waals surface area contributed by atoms with Gasteiger partial charge in [0, 0.05) is 24.1 Å². The highest BCUT2D eigenvalue weighted by molar-refractivity contribution is 5.85. The molecule has 2 nitrogen and oxygen atoms in total. The van der Waals surface area contributed by atoms with E-state index in [4.69, 9.17) is 0 Å². The lowest BCUT2D eigenvalue weighted by atomic mass is 9.70. The Hall–Kier alpha value is -1.57. The Balaban J connectivity index is 2.14. The van der Waals surface area contributed by atoms with Crippen molar-refractivity contribution in [3.8, 4) is 0 Å². The van der Waals surface area contributed by atoms with E-state index in [2.05, 4.69) is 36.5 Å². The Morgan fingerprint density at radius 3 is 3.06 bits per heavy atom. The Kier molecular flexibility index (Phi) is 1.93. The van der Waals surface area contributed by atoms with Gasteiger partial charge in [0.1, 0.15) is 0 Å². The second kappa shape index (κ2) is 3.21. The van der Waals surface area contributed by atoms with Gasteiger partial charge in [0.2, 0.25) is 5.91 Å². The van der Waals surface area contributed by atoms with Crippen LogP contribution in [0.25, 0.3) is 0 Å². The molecule has 1 saturated heterocycles. The number of rotatable bonds is 1. The molecule has 1 fully saturated rings.